The van der Waals surface area contributed by atoms with E-state index in [1.807, 2.05) is 13.8 Å². The predicted molar refractivity (Wildman–Crippen MR) is 105 cm³/mol. The SMILES string of the molecule is Cc1nn(CCC(=O)Nc2nn(Cc3ccc(F)cc3)cc2Cl)c(C)c1Br. The lowest BCUT2D eigenvalue weighted by atomic mass is 10.2. The molecule has 2 aromatic heterocycles. The first kappa shape index (κ1) is 19.6. The van der Waals surface area contributed by atoms with Crippen LogP contribution < -0.4 is 5.32 Å². The third kappa shape index (κ3) is 4.75. The Morgan fingerprint density at radius 1 is 1.26 bits per heavy atom. The number of rotatable bonds is 6. The fourth-order valence-electron chi connectivity index (χ4n) is 2.63. The zero-order chi connectivity index (χ0) is 19.6. The molecule has 0 unspecified atom stereocenters. The van der Waals surface area contributed by atoms with Crippen molar-refractivity contribution >= 4 is 39.3 Å². The molecule has 1 amide bonds. The molecular formula is C18H18BrClFN5O. The molecule has 0 aliphatic rings. The third-order valence-corrected chi connectivity index (χ3v) is 5.50. The Bertz CT molecular complexity index is 967. The minimum absolute atomic E-state index is 0.201. The van der Waals surface area contributed by atoms with E-state index in [4.69, 9.17) is 11.6 Å². The van der Waals surface area contributed by atoms with Crippen LogP contribution in [0.25, 0.3) is 0 Å². The molecule has 3 rings (SSSR count). The van der Waals surface area contributed by atoms with Crippen LogP contribution in [0, 0.1) is 19.7 Å². The van der Waals surface area contributed by atoms with Gasteiger partial charge in [0.25, 0.3) is 0 Å². The second kappa shape index (κ2) is 8.22. The first-order chi connectivity index (χ1) is 12.8. The Morgan fingerprint density at radius 2 is 1.96 bits per heavy atom. The number of hydrogen-bond acceptors (Lipinski definition) is 3. The molecule has 9 heteroatoms. The molecule has 0 atom stereocenters. The largest absolute Gasteiger partial charge is 0.308 e. The fourth-order valence-corrected chi connectivity index (χ4v) is 3.12. The smallest absolute Gasteiger partial charge is 0.227 e. The van der Waals surface area contributed by atoms with Gasteiger partial charge in [-0.15, -0.1) is 0 Å². The third-order valence-electron chi connectivity index (χ3n) is 4.08. The molecule has 0 saturated carbocycles. The van der Waals surface area contributed by atoms with Gasteiger partial charge in [-0.2, -0.15) is 10.2 Å². The van der Waals surface area contributed by atoms with E-state index >= 15 is 0 Å². The molecule has 1 aromatic carbocycles. The van der Waals surface area contributed by atoms with Crippen LogP contribution >= 0.6 is 27.5 Å². The zero-order valence-corrected chi connectivity index (χ0v) is 17.2. The van der Waals surface area contributed by atoms with Crippen LogP contribution in [0.2, 0.25) is 5.02 Å². The number of aryl methyl sites for hydroxylation is 2. The van der Waals surface area contributed by atoms with Gasteiger partial charge in [-0.3, -0.25) is 14.2 Å². The van der Waals surface area contributed by atoms with Crippen molar-refractivity contribution in [3.8, 4) is 0 Å². The van der Waals surface area contributed by atoms with Crippen LogP contribution in [0.15, 0.2) is 34.9 Å². The van der Waals surface area contributed by atoms with Crippen LogP contribution in [0.5, 0.6) is 0 Å². The van der Waals surface area contributed by atoms with Gasteiger partial charge in [-0.1, -0.05) is 23.7 Å². The lowest BCUT2D eigenvalue weighted by Gasteiger charge is -2.05. The molecule has 2 heterocycles. The van der Waals surface area contributed by atoms with E-state index in [2.05, 4.69) is 31.4 Å². The van der Waals surface area contributed by atoms with E-state index < -0.39 is 0 Å². The highest BCUT2D eigenvalue weighted by Crippen LogP contribution is 2.22. The lowest BCUT2D eigenvalue weighted by molar-refractivity contribution is -0.116. The molecule has 0 saturated heterocycles. The monoisotopic (exact) mass is 453 g/mol. The van der Waals surface area contributed by atoms with Crippen molar-refractivity contribution in [2.75, 3.05) is 5.32 Å². The summed E-state index contributed by atoms with van der Waals surface area (Å²) in [5, 5.41) is 11.7. The van der Waals surface area contributed by atoms with Gasteiger partial charge in [0.15, 0.2) is 5.82 Å². The normalized spacial score (nSPS) is 11.0. The number of nitrogens with one attached hydrogen (secondary N) is 1. The summed E-state index contributed by atoms with van der Waals surface area (Å²) in [6.45, 7) is 4.73. The van der Waals surface area contributed by atoms with Crippen LogP contribution in [0.1, 0.15) is 23.4 Å². The molecule has 3 aromatic rings. The van der Waals surface area contributed by atoms with Gasteiger partial charge in [0, 0.05) is 18.3 Å². The predicted octanol–water partition coefficient (Wildman–Crippen LogP) is 4.33. The number of amides is 1. The minimum Gasteiger partial charge on any atom is -0.308 e. The Hall–Kier alpha value is -2.19. The van der Waals surface area contributed by atoms with Gasteiger partial charge in [0.1, 0.15) is 10.8 Å². The van der Waals surface area contributed by atoms with Crippen LogP contribution in [-0.4, -0.2) is 25.5 Å². The second-order valence-electron chi connectivity index (χ2n) is 6.16. The summed E-state index contributed by atoms with van der Waals surface area (Å²) in [7, 11) is 0. The molecule has 6 nitrogen and oxygen atoms in total. The number of aromatic nitrogens is 4. The zero-order valence-electron chi connectivity index (χ0n) is 14.8. The van der Waals surface area contributed by atoms with E-state index in [9.17, 15) is 9.18 Å². The summed E-state index contributed by atoms with van der Waals surface area (Å²) in [6.07, 6.45) is 1.87. The van der Waals surface area contributed by atoms with Crippen LogP contribution in [0.3, 0.4) is 0 Å². The average Bonchev–Trinajstić information content (AvgIpc) is 3.09. The minimum atomic E-state index is -0.292. The van der Waals surface area contributed by atoms with Crippen molar-refractivity contribution < 1.29 is 9.18 Å². The fraction of sp³-hybridized carbons (Fsp3) is 0.278. The number of carbonyl (C=O) groups is 1. The molecule has 0 spiro atoms. The van der Waals surface area contributed by atoms with Crippen LogP contribution in [0.4, 0.5) is 10.2 Å². The van der Waals surface area contributed by atoms with Gasteiger partial charge >= 0.3 is 0 Å². The summed E-state index contributed by atoms with van der Waals surface area (Å²) >= 11 is 9.63. The lowest BCUT2D eigenvalue weighted by Crippen LogP contribution is -2.16. The van der Waals surface area contributed by atoms with Crippen molar-refractivity contribution in [3.63, 3.8) is 0 Å². The Balaban J connectivity index is 1.60. The molecular weight excluding hydrogens is 437 g/mol. The first-order valence-electron chi connectivity index (χ1n) is 8.30. The number of carbonyl (C=O) groups excluding carboxylic acids is 1. The maximum absolute atomic E-state index is 13.0. The van der Waals surface area contributed by atoms with Crippen LogP contribution in [-0.2, 0) is 17.9 Å². The average molecular weight is 455 g/mol. The Kier molecular flexibility index (Phi) is 5.96. The van der Waals surface area contributed by atoms with Gasteiger partial charge in [0.2, 0.25) is 5.91 Å². The number of halogens is 3. The van der Waals surface area contributed by atoms with Crippen molar-refractivity contribution in [2.45, 2.75) is 33.4 Å². The Labute approximate surface area is 169 Å². The number of hydrogen-bond donors (Lipinski definition) is 1. The van der Waals surface area contributed by atoms with Crippen molar-refractivity contribution in [1.82, 2.24) is 19.6 Å². The second-order valence-corrected chi connectivity index (χ2v) is 7.36. The van der Waals surface area contributed by atoms with E-state index in [1.165, 1.54) is 12.1 Å². The highest BCUT2D eigenvalue weighted by molar-refractivity contribution is 9.10. The van der Waals surface area contributed by atoms with Crippen molar-refractivity contribution in [2.24, 2.45) is 0 Å². The van der Waals surface area contributed by atoms with E-state index in [-0.39, 0.29) is 18.1 Å². The van der Waals surface area contributed by atoms with E-state index in [1.54, 1.807) is 27.7 Å². The maximum Gasteiger partial charge on any atom is 0.227 e. The summed E-state index contributed by atoms with van der Waals surface area (Å²) in [5.74, 6) is -0.189. The summed E-state index contributed by atoms with van der Waals surface area (Å²) in [6, 6.07) is 6.13. The molecule has 27 heavy (non-hydrogen) atoms. The molecule has 142 valence electrons. The quantitative estimate of drug-likeness (QED) is 0.603. The van der Waals surface area contributed by atoms with Gasteiger partial charge in [-0.05, 0) is 47.5 Å². The van der Waals surface area contributed by atoms with Crippen molar-refractivity contribution in [1.29, 1.82) is 0 Å². The van der Waals surface area contributed by atoms with E-state index in [0.29, 0.717) is 23.9 Å². The summed E-state index contributed by atoms with van der Waals surface area (Å²) in [5.41, 5.74) is 2.74. The molecule has 0 fully saturated rings. The molecule has 0 bridgehead atoms. The molecule has 0 radical (unpaired) electrons. The van der Waals surface area contributed by atoms with Crippen molar-refractivity contribution in [3.05, 3.63) is 62.7 Å². The highest BCUT2D eigenvalue weighted by Gasteiger charge is 2.13. The number of benzene rings is 1. The summed E-state index contributed by atoms with van der Waals surface area (Å²) < 4.78 is 17.3. The Morgan fingerprint density at radius 3 is 2.59 bits per heavy atom. The molecule has 1 N–H and O–H groups in total. The standard InChI is InChI=1S/C18H18BrClFN5O/c1-11-17(19)12(2)26(23-11)8-7-16(27)22-18-15(20)10-25(24-18)9-13-3-5-14(21)6-4-13/h3-6,10H,7-9H2,1-2H3,(H,22,24,27). The first-order valence-corrected chi connectivity index (χ1v) is 9.47. The number of nitrogens with zero attached hydrogens (tertiary/aromatic N) is 4. The number of anilines is 1. The van der Waals surface area contributed by atoms with Gasteiger partial charge < -0.3 is 5.32 Å². The van der Waals surface area contributed by atoms with Gasteiger partial charge in [0.05, 0.1) is 23.3 Å². The molecule has 0 aliphatic carbocycles. The topological polar surface area (TPSA) is 64.7 Å². The van der Waals surface area contributed by atoms with E-state index in [0.717, 1.165) is 21.4 Å². The maximum atomic E-state index is 13.0. The van der Waals surface area contributed by atoms with Gasteiger partial charge in [-0.25, -0.2) is 4.39 Å². The highest BCUT2D eigenvalue weighted by atomic mass is 79.9. The summed E-state index contributed by atoms with van der Waals surface area (Å²) in [4.78, 5) is 12.2. The molecule has 0 aliphatic heterocycles.